The SMILES string of the molecule is CCc1ccc(C(C)NC(=O)c2ccccc2OCC(=O)N(C)C)cc1. The molecule has 26 heavy (non-hydrogen) atoms. The van der Waals surface area contributed by atoms with E-state index in [1.165, 1.54) is 10.5 Å². The molecule has 0 fully saturated rings. The van der Waals surface area contributed by atoms with E-state index in [4.69, 9.17) is 4.74 Å². The first-order valence-electron chi connectivity index (χ1n) is 8.74. The molecule has 0 aliphatic heterocycles. The minimum Gasteiger partial charge on any atom is -0.483 e. The summed E-state index contributed by atoms with van der Waals surface area (Å²) in [4.78, 5) is 25.8. The van der Waals surface area contributed by atoms with Gasteiger partial charge in [0.05, 0.1) is 11.6 Å². The van der Waals surface area contributed by atoms with Gasteiger partial charge in [0.2, 0.25) is 0 Å². The van der Waals surface area contributed by atoms with Crippen LogP contribution in [0.3, 0.4) is 0 Å². The van der Waals surface area contributed by atoms with Crippen molar-refractivity contribution in [3.63, 3.8) is 0 Å². The third-order valence-corrected chi connectivity index (χ3v) is 4.22. The first-order chi connectivity index (χ1) is 12.4. The Hall–Kier alpha value is -2.82. The fourth-order valence-electron chi connectivity index (χ4n) is 2.45. The van der Waals surface area contributed by atoms with Crippen molar-refractivity contribution in [2.45, 2.75) is 26.3 Å². The standard InChI is InChI=1S/C21H26N2O3/c1-5-16-10-12-17(13-11-16)15(2)22-21(25)18-8-6-7-9-19(18)26-14-20(24)23(3)4/h6-13,15H,5,14H2,1-4H3,(H,22,25). The average molecular weight is 354 g/mol. The molecule has 5 heteroatoms. The lowest BCUT2D eigenvalue weighted by Crippen LogP contribution is -2.29. The largest absolute Gasteiger partial charge is 0.483 e. The molecule has 0 aromatic heterocycles. The van der Waals surface area contributed by atoms with E-state index in [0.717, 1.165) is 12.0 Å². The molecule has 0 saturated heterocycles. The van der Waals surface area contributed by atoms with Crippen LogP contribution in [0, 0.1) is 0 Å². The molecule has 138 valence electrons. The first-order valence-corrected chi connectivity index (χ1v) is 8.74. The summed E-state index contributed by atoms with van der Waals surface area (Å²) in [6.45, 7) is 3.95. The molecular weight excluding hydrogens is 328 g/mol. The van der Waals surface area contributed by atoms with Crippen molar-refractivity contribution in [2.75, 3.05) is 20.7 Å². The smallest absolute Gasteiger partial charge is 0.259 e. The number of carbonyl (C=O) groups excluding carboxylic acids is 2. The zero-order valence-electron chi connectivity index (χ0n) is 15.8. The number of hydrogen-bond donors (Lipinski definition) is 1. The van der Waals surface area contributed by atoms with Gasteiger partial charge < -0.3 is 15.0 Å². The van der Waals surface area contributed by atoms with Gasteiger partial charge in [-0.2, -0.15) is 0 Å². The minimum atomic E-state index is -0.232. The lowest BCUT2D eigenvalue weighted by molar-refractivity contribution is -0.130. The number of likely N-dealkylation sites (N-methyl/N-ethyl adjacent to an activating group) is 1. The van der Waals surface area contributed by atoms with E-state index in [-0.39, 0.29) is 24.5 Å². The maximum Gasteiger partial charge on any atom is 0.259 e. The molecule has 0 bridgehead atoms. The van der Waals surface area contributed by atoms with Gasteiger partial charge in [-0.25, -0.2) is 0 Å². The summed E-state index contributed by atoms with van der Waals surface area (Å²) in [7, 11) is 3.33. The van der Waals surface area contributed by atoms with Crippen LogP contribution in [0.5, 0.6) is 5.75 Å². The van der Waals surface area contributed by atoms with Gasteiger partial charge in [0.25, 0.3) is 11.8 Å². The third-order valence-electron chi connectivity index (χ3n) is 4.22. The van der Waals surface area contributed by atoms with Gasteiger partial charge in [-0.3, -0.25) is 9.59 Å². The molecule has 2 aromatic carbocycles. The molecule has 0 heterocycles. The average Bonchev–Trinajstić information content (AvgIpc) is 2.66. The van der Waals surface area contributed by atoms with Crippen molar-refractivity contribution in [1.29, 1.82) is 0 Å². The van der Waals surface area contributed by atoms with Gasteiger partial charge in [0.15, 0.2) is 6.61 Å². The van der Waals surface area contributed by atoms with Gasteiger partial charge in [0, 0.05) is 14.1 Å². The summed E-state index contributed by atoms with van der Waals surface area (Å²) < 4.78 is 5.55. The van der Waals surface area contributed by atoms with E-state index in [2.05, 4.69) is 24.4 Å². The van der Waals surface area contributed by atoms with E-state index < -0.39 is 0 Å². The number of hydrogen-bond acceptors (Lipinski definition) is 3. The molecule has 0 aliphatic rings. The highest BCUT2D eigenvalue weighted by atomic mass is 16.5. The molecular formula is C21H26N2O3. The Morgan fingerprint density at radius 2 is 1.73 bits per heavy atom. The molecule has 2 amide bonds. The van der Waals surface area contributed by atoms with E-state index in [0.29, 0.717) is 11.3 Å². The minimum absolute atomic E-state index is 0.106. The Kier molecular flexibility index (Phi) is 6.78. The molecule has 1 atom stereocenters. The van der Waals surface area contributed by atoms with E-state index in [1.807, 2.05) is 19.1 Å². The van der Waals surface area contributed by atoms with Crippen molar-refractivity contribution in [3.05, 3.63) is 65.2 Å². The Balaban J connectivity index is 2.07. The van der Waals surface area contributed by atoms with E-state index in [1.54, 1.807) is 38.4 Å². The summed E-state index contributed by atoms with van der Waals surface area (Å²) in [5.41, 5.74) is 2.71. The van der Waals surface area contributed by atoms with Crippen molar-refractivity contribution in [1.82, 2.24) is 10.2 Å². The molecule has 0 aliphatic carbocycles. The summed E-state index contributed by atoms with van der Waals surface area (Å²) in [5, 5.41) is 2.99. The fourth-order valence-corrected chi connectivity index (χ4v) is 2.45. The number of benzene rings is 2. The highest BCUT2D eigenvalue weighted by molar-refractivity contribution is 5.97. The molecule has 0 saturated carbocycles. The second kappa shape index (κ2) is 9.04. The Morgan fingerprint density at radius 1 is 1.08 bits per heavy atom. The van der Waals surface area contributed by atoms with Crippen LogP contribution in [0.4, 0.5) is 0 Å². The van der Waals surface area contributed by atoms with Crippen molar-refractivity contribution in [2.24, 2.45) is 0 Å². The summed E-state index contributed by atoms with van der Waals surface area (Å²) in [5.74, 6) is 0.00305. The molecule has 1 unspecified atom stereocenters. The third kappa shape index (κ3) is 5.09. The van der Waals surface area contributed by atoms with Crippen LogP contribution in [-0.4, -0.2) is 37.4 Å². The zero-order valence-corrected chi connectivity index (χ0v) is 15.8. The maximum absolute atomic E-state index is 12.7. The van der Waals surface area contributed by atoms with Gasteiger partial charge in [-0.15, -0.1) is 0 Å². The lowest BCUT2D eigenvalue weighted by Gasteiger charge is -2.17. The molecule has 0 spiro atoms. The zero-order chi connectivity index (χ0) is 19.1. The van der Waals surface area contributed by atoms with E-state index >= 15 is 0 Å². The molecule has 2 rings (SSSR count). The normalized spacial score (nSPS) is 11.5. The van der Waals surface area contributed by atoms with Crippen LogP contribution in [0.25, 0.3) is 0 Å². The Morgan fingerprint density at radius 3 is 2.35 bits per heavy atom. The number of ether oxygens (including phenoxy) is 1. The quantitative estimate of drug-likeness (QED) is 0.831. The molecule has 2 aromatic rings. The number of nitrogens with one attached hydrogen (secondary N) is 1. The van der Waals surface area contributed by atoms with Crippen LogP contribution in [0.15, 0.2) is 48.5 Å². The van der Waals surface area contributed by atoms with Gasteiger partial charge in [-0.05, 0) is 36.6 Å². The number of carbonyl (C=O) groups is 2. The Labute approximate surface area is 155 Å². The van der Waals surface area contributed by atoms with Crippen LogP contribution in [0.2, 0.25) is 0 Å². The lowest BCUT2D eigenvalue weighted by atomic mass is 10.0. The van der Waals surface area contributed by atoms with Gasteiger partial charge >= 0.3 is 0 Å². The highest BCUT2D eigenvalue weighted by Gasteiger charge is 2.16. The van der Waals surface area contributed by atoms with Crippen LogP contribution in [0.1, 0.15) is 41.4 Å². The monoisotopic (exact) mass is 354 g/mol. The summed E-state index contributed by atoms with van der Waals surface area (Å²) >= 11 is 0. The van der Waals surface area contributed by atoms with Crippen molar-refractivity contribution in [3.8, 4) is 5.75 Å². The molecule has 0 radical (unpaired) electrons. The second-order valence-corrected chi connectivity index (χ2v) is 6.36. The van der Waals surface area contributed by atoms with Crippen molar-refractivity contribution < 1.29 is 14.3 Å². The van der Waals surface area contributed by atoms with Crippen LogP contribution in [-0.2, 0) is 11.2 Å². The number of rotatable bonds is 7. The van der Waals surface area contributed by atoms with Crippen LogP contribution < -0.4 is 10.1 Å². The summed E-state index contributed by atoms with van der Waals surface area (Å²) in [6.07, 6.45) is 0.984. The fraction of sp³-hybridized carbons (Fsp3) is 0.333. The second-order valence-electron chi connectivity index (χ2n) is 6.36. The topological polar surface area (TPSA) is 58.6 Å². The van der Waals surface area contributed by atoms with E-state index in [9.17, 15) is 9.59 Å². The highest BCUT2D eigenvalue weighted by Crippen LogP contribution is 2.20. The number of aryl methyl sites for hydroxylation is 1. The molecule has 5 nitrogen and oxygen atoms in total. The van der Waals surface area contributed by atoms with Gasteiger partial charge in [0.1, 0.15) is 5.75 Å². The number of amides is 2. The molecule has 1 N–H and O–H groups in total. The first kappa shape index (κ1) is 19.5. The summed E-state index contributed by atoms with van der Waals surface area (Å²) in [6, 6.07) is 15.0. The maximum atomic E-state index is 12.7. The predicted octanol–water partition coefficient (Wildman–Crippen LogP) is 3.21. The van der Waals surface area contributed by atoms with Crippen molar-refractivity contribution >= 4 is 11.8 Å². The Bertz CT molecular complexity index is 754. The number of nitrogens with zero attached hydrogens (tertiary/aromatic N) is 1. The van der Waals surface area contributed by atoms with Gasteiger partial charge in [-0.1, -0.05) is 43.3 Å². The van der Waals surface area contributed by atoms with Crippen LogP contribution >= 0.6 is 0 Å². The number of para-hydroxylation sites is 1. The predicted molar refractivity (Wildman–Crippen MR) is 102 cm³/mol.